The van der Waals surface area contributed by atoms with Gasteiger partial charge < -0.3 is 11.1 Å². The molecule has 0 radical (unpaired) electrons. The highest BCUT2D eigenvalue weighted by atomic mass is 79.9. The molecule has 1 aliphatic carbocycles. The van der Waals surface area contributed by atoms with E-state index in [2.05, 4.69) is 35.1 Å². The first-order chi connectivity index (χ1) is 8.37. The maximum absolute atomic E-state index is 5.78. The smallest absolute Gasteiger partial charge is 0.106 e. The third-order valence-corrected chi connectivity index (χ3v) is 4.29. The highest BCUT2D eigenvalue weighted by Crippen LogP contribution is 2.38. The lowest BCUT2D eigenvalue weighted by Crippen LogP contribution is -2.20. The monoisotopic (exact) mass is 326 g/mol. The van der Waals surface area contributed by atoms with Gasteiger partial charge in [-0.1, -0.05) is 42.0 Å². The van der Waals surface area contributed by atoms with Gasteiger partial charge in [0.2, 0.25) is 0 Å². The Hall–Kier alpha value is -0.610. The summed E-state index contributed by atoms with van der Waals surface area (Å²) in [5.41, 5.74) is 8.19. The minimum absolute atomic E-state index is 0.441. The molecule has 0 aliphatic heterocycles. The van der Waals surface area contributed by atoms with Gasteiger partial charge in [-0.25, -0.2) is 0 Å². The standard InChI is InChI=1S/C14H19BrN2S/c1-14(2)6-5-10(8-14)17-12-4-3-9(15)7-11(12)13(16)18/h3-4,7,10,17H,5-6,8H2,1-2H3,(H2,16,18). The zero-order chi connectivity index (χ0) is 13.3. The van der Waals surface area contributed by atoms with Crippen LogP contribution in [0.5, 0.6) is 0 Å². The summed E-state index contributed by atoms with van der Waals surface area (Å²) in [5, 5.41) is 3.59. The van der Waals surface area contributed by atoms with Crippen LogP contribution < -0.4 is 11.1 Å². The molecule has 0 aromatic heterocycles. The number of nitrogens with one attached hydrogen (secondary N) is 1. The molecule has 2 rings (SSSR count). The molecule has 3 N–H and O–H groups in total. The number of hydrogen-bond donors (Lipinski definition) is 2. The van der Waals surface area contributed by atoms with Crippen LogP contribution in [0.15, 0.2) is 22.7 Å². The lowest BCUT2D eigenvalue weighted by Gasteiger charge is -2.20. The molecule has 0 saturated heterocycles. The summed E-state index contributed by atoms with van der Waals surface area (Å²) in [7, 11) is 0. The van der Waals surface area contributed by atoms with E-state index in [0.29, 0.717) is 16.4 Å². The van der Waals surface area contributed by atoms with Crippen molar-refractivity contribution in [3.63, 3.8) is 0 Å². The summed E-state index contributed by atoms with van der Waals surface area (Å²) in [6.07, 6.45) is 3.67. The number of halogens is 1. The van der Waals surface area contributed by atoms with Crippen molar-refractivity contribution in [2.45, 2.75) is 39.2 Å². The highest BCUT2D eigenvalue weighted by molar-refractivity contribution is 9.10. The molecule has 98 valence electrons. The van der Waals surface area contributed by atoms with Crippen LogP contribution in [0.3, 0.4) is 0 Å². The fraction of sp³-hybridized carbons (Fsp3) is 0.500. The van der Waals surface area contributed by atoms with Crippen molar-refractivity contribution in [3.05, 3.63) is 28.2 Å². The molecule has 0 amide bonds. The Kier molecular flexibility index (Phi) is 3.97. The van der Waals surface area contributed by atoms with Gasteiger partial charge in [0.05, 0.1) is 0 Å². The third-order valence-electron chi connectivity index (χ3n) is 3.58. The molecule has 4 heteroatoms. The number of hydrogen-bond acceptors (Lipinski definition) is 2. The van der Waals surface area contributed by atoms with E-state index in [-0.39, 0.29) is 0 Å². The first kappa shape index (κ1) is 13.8. The minimum atomic E-state index is 0.441. The summed E-state index contributed by atoms with van der Waals surface area (Å²) in [6, 6.07) is 6.56. The normalized spacial score (nSPS) is 21.8. The van der Waals surface area contributed by atoms with E-state index in [1.165, 1.54) is 19.3 Å². The summed E-state index contributed by atoms with van der Waals surface area (Å²) in [4.78, 5) is 0.441. The molecular weight excluding hydrogens is 308 g/mol. The van der Waals surface area contributed by atoms with E-state index in [0.717, 1.165) is 15.7 Å². The van der Waals surface area contributed by atoms with Crippen LogP contribution in [0.1, 0.15) is 38.7 Å². The minimum Gasteiger partial charge on any atom is -0.389 e. The average molecular weight is 327 g/mol. The predicted octanol–water partition coefficient (Wildman–Crippen LogP) is 4.07. The Morgan fingerprint density at radius 2 is 2.22 bits per heavy atom. The second-order valence-electron chi connectivity index (χ2n) is 5.80. The molecule has 1 aromatic rings. The van der Waals surface area contributed by atoms with E-state index in [9.17, 15) is 0 Å². The predicted molar refractivity (Wildman–Crippen MR) is 85.1 cm³/mol. The molecule has 1 atom stereocenters. The molecule has 1 unspecified atom stereocenters. The second-order valence-corrected chi connectivity index (χ2v) is 7.16. The molecule has 1 saturated carbocycles. The zero-order valence-electron chi connectivity index (χ0n) is 10.8. The number of anilines is 1. The molecule has 2 nitrogen and oxygen atoms in total. The van der Waals surface area contributed by atoms with Crippen molar-refractivity contribution >= 4 is 38.8 Å². The van der Waals surface area contributed by atoms with Crippen molar-refractivity contribution in [3.8, 4) is 0 Å². The highest BCUT2D eigenvalue weighted by Gasteiger charge is 2.31. The van der Waals surface area contributed by atoms with Crippen molar-refractivity contribution in [2.24, 2.45) is 11.1 Å². The molecule has 0 spiro atoms. The third kappa shape index (κ3) is 3.23. The molecular formula is C14H19BrN2S. The van der Waals surface area contributed by atoms with Gasteiger partial charge in [-0.2, -0.15) is 0 Å². The van der Waals surface area contributed by atoms with Crippen molar-refractivity contribution < 1.29 is 0 Å². The molecule has 1 aliphatic rings. The van der Waals surface area contributed by atoms with Crippen LogP contribution in [0, 0.1) is 5.41 Å². The van der Waals surface area contributed by atoms with Crippen molar-refractivity contribution in [1.29, 1.82) is 0 Å². The second kappa shape index (κ2) is 5.17. The molecule has 0 heterocycles. The van der Waals surface area contributed by atoms with Gasteiger partial charge in [-0.15, -0.1) is 0 Å². The summed E-state index contributed by atoms with van der Waals surface area (Å²) in [5.74, 6) is 0. The van der Waals surface area contributed by atoms with Crippen molar-refractivity contribution in [2.75, 3.05) is 5.32 Å². The summed E-state index contributed by atoms with van der Waals surface area (Å²) in [6.45, 7) is 4.65. The van der Waals surface area contributed by atoms with E-state index in [1.807, 2.05) is 18.2 Å². The van der Waals surface area contributed by atoms with Gasteiger partial charge in [0.1, 0.15) is 4.99 Å². The Morgan fingerprint density at radius 3 is 2.78 bits per heavy atom. The van der Waals surface area contributed by atoms with Crippen LogP contribution in [0.4, 0.5) is 5.69 Å². The van der Waals surface area contributed by atoms with Gasteiger partial charge >= 0.3 is 0 Å². The largest absolute Gasteiger partial charge is 0.389 e. The van der Waals surface area contributed by atoms with Gasteiger partial charge in [0.25, 0.3) is 0 Å². The van der Waals surface area contributed by atoms with E-state index in [4.69, 9.17) is 18.0 Å². The van der Waals surface area contributed by atoms with E-state index >= 15 is 0 Å². The van der Waals surface area contributed by atoms with E-state index in [1.54, 1.807) is 0 Å². The number of nitrogens with two attached hydrogens (primary N) is 1. The van der Waals surface area contributed by atoms with Crippen LogP contribution >= 0.6 is 28.1 Å². The van der Waals surface area contributed by atoms with Crippen molar-refractivity contribution in [1.82, 2.24) is 0 Å². The quantitative estimate of drug-likeness (QED) is 0.822. The van der Waals surface area contributed by atoms with Gasteiger partial charge in [0, 0.05) is 21.8 Å². The van der Waals surface area contributed by atoms with Gasteiger partial charge in [-0.3, -0.25) is 0 Å². The number of rotatable bonds is 3. The van der Waals surface area contributed by atoms with E-state index < -0.39 is 0 Å². The topological polar surface area (TPSA) is 38.0 Å². The Morgan fingerprint density at radius 1 is 1.50 bits per heavy atom. The molecule has 0 bridgehead atoms. The molecule has 18 heavy (non-hydrogen) atoms. The fourth-order valence-electron chi connectivity index (χ4n) is 2.63. The van der Waals surface area contributed by atoms with Gasteiger partial charge in [-0.05, 0) is 42.9 Å². The molecule has 1 fully saturated rings. The van der Waals surface area contributed by atoms with Crippen LogP contribution in [0.2, 0.25) is 0 Å². The average Bonchev–Trinajstić information content (AvgIpc) is 2.60. The fourth-order valence-corrected chi connectivity index (χ4v) is 3.16. The lowest BCUT2D eigenvalue weighted by molar-refractivity contribution is 0.378. The van der Waals surface area contributed by atoms with Crippen LogP contribution in [-0.4, -0.2) is 11.0 Å². The Balaban J connectivity index is 2.17. The maximum atomic E-state index is 5.78. The first-order valence-corrected chi connectivity index (χ1v) is 7.43. The maximum Gasteiger partial charge on any atom is 0.106 e. The van der Waals surface area contributed by atoms with Crippen LogP contribution in [-0.2, 0) is 0 Å². The van der Waals surface area contributed by atoms with Gasteiger partial charge in [0.15, 0.2) is 0 Å². The first-order valence-electron chi connectivity index (χ1n) is 6.23. The SMILES string of the molecule is CC1(C)CCC(Nc2ccc(Br)cc2C(N)=S)C1. The lowest BCUT2D eigenvalue weighted by atomic mass is 9.92. The summed E-state index contributed by atoms with van der Waals surface area (Å²) < 4.78 is 1.00. The Labute approximate surface area is 122 Å². The zero-order valence-corrected chi connectivity index (χ0v) is 13.2. The molecule has 1 aromatic carbocycles. The number of thiocarbonyl (C=S) groups is 1. The number of benzene rings is 1. The van der Waals surface area contributed by atoms with Crippen LogP contribution in [0.25, 0.3) is 0 Å². The summed E-state index contributed by atoms with van der Waals surface area (Å²) >= 11 is 8.56. The Bertz CT molecular complexity index is 471.